The summed E-state index contributed by atoms with van der Waals surface area (Å²) in [4.78, 5) is 4.09. The standard InChI is InChI=1S/C16H18FNO/c1-3-5-14(12-18-2)16(10-4-11-19-16)13-6-8-15(17)9-7-13/h3,5-9,12H,1,4,10-11H2,2H3/b14-5+,18-12-. The second-order valence-corrected chi connectivity index (χ2v) is 4.53. The van der Waals surface area contributed by atoms with Gasteiger partial charge in [0.2, 0.25) is 0 Å². The fourth-order valence-corrected chi connectivity index (χ4v) is 2.53. The number of hydrogen-bond donors (Lipinski definition) is 0. The van der Waals surface area contributed by atoms with E-state index in [1.54, 1.807) is 31.5 Å². The molecule has 2 rings (SSSR count). The first-order chi connectivity index (χ1) is 9.23. The van der Waals surface area contributed by atoms with Crippen molar-refractivity contribution in [2.45, 2.75) is 18.4 Å². The van der Waals surface area contributed by atoms with E-state index in [4.69, 9.17) is 4.74 Å². The summed E-state index contributed by atoms with van der Waals surface area (Å²) in [5.41, 5.74) is 1.38. The van der Waals surface area contributed by atoms with E-state index in [0.717, 1.165) is 24.0 Å². The van der Waals surface area contributed by atoms with Gasteiger partial charge in [-0.2, -0.15) is 0 Å². The Kier molecular flexibility index (Phi) is 4.27. The third-order valence-electron chi connectivity index (χ3n) is 3.36. The van der Waals surface area contributed by atoms with Gasteiger partial charge in [0.1, 0.15) is 11.4 Å². The normalized spacial score (nSPS) is 24.0. The molecule has 0 amide bonds. The van der Waals surface area contributed by atoms with Crippen LogP contribution in [0.25, 0.3) is 0 Å². The van der Waals surface area contributed by atoms with E-state index in [1.165, 1.54) is 12.1 Å². The minimum atomic E-state index is -0.526. The van der Waals surface area contributed by atoms with E-state index in [0.29, 0.717) is 6.61 Å². The smallest absolute Gasteiger partial charge is 0.123 e. The average molecular weight is 259 g/mol. The molecule has 1 saturated heterocycles. The summed E-state index contributed by atoms with van der Waals surface area (Å²) >= 11 is 0. The Labute approximate surface area is 113 Å². The fraction of sp³-hybridized carbons (Fsp3) is 0.312. The van der Waals surface area contributed by atoms with Crippen molar-refractivity contribution >= 4 is 6.21 Å². The maximum atomic E-state index is 13.1. The lowest BCUT2D eigenvalue weighted by atomic mass is 9.83. The van der Waals surface area contributed by atoms with Gasteiger partial charge in [0.05, 0.1) is 0 Å². The first-order valence-electron chi connectivity index (χ1n) is 6.38. The summed E-state index contributed by atoms with van der Waals surface area (Å²) in [6, 6.07) is 6.49. The fourth-order valence-electron chi connectivity index (χ4n) is 2.53. The number of halogens is 1. The number of nitrogens with zero attached hydrogens (tertiary/aromatic N) is 1. The van der Waals surface area contributed by atoms with E-state index in [9.17, 15) is 4.39 Å². The Morgan fingerprint density at radius 2 is 2.16 bits per heavy atom. The third kappa shape index (κ3) is 2.66. The van der Waals surface area contributed by atoms with Gasteiger partial charge in [0.15, 0.2) is 0 Å². The van der Waals surface area contributed by atoms with Gasteiger partial charge in [-0.15, -0.1) is 0 Å². The minimum absolute atomic E-state index is 0.240. The molecule has 2 nitrogen and oxygen atoms in total. The Hall–Kier alpha value is -1.74. The number of aliphatic imine (C=N–C) groups is 1. The molecule has 0 N–H and O–H groups in total. The Balaban J connectivity index is 2.50. The molecule has 1 aromatic carbocycles. The van der Waals surface area contributed by atoms with Crippen molar-refractivity contribution in [2.24, 2.45) is 4.99 Å². The van der Waals surface area contributed by atoms with Crippen molar-refractivity contribution in [2.75, 3.05) is 13.7 Å². The second-order valence-electron chi connectivity index (χ2n) is 4.53. The maximum absolute atomic E-state index is 13.1. The molecule has 1 heterocycles. The third-order valence-corrected chi connectivity index (χ3v) is 3.36. The number of rotatable bonds is 4. The van der Waals surface area contributed by atoms with Crippen LogP contribution in [0, 0.1) is 5.82 Å². The minimum Gasteiger partial charge on any atom is -0.365 e. The molecule has 19 heavy (non-hydrogen) atoms. The predicted molar refractivity (Wildman–Crippen MR) is 76.0 cm³/mol. The zero-order valence-corrected chi connectivity index (χ0v) is 11.1. The summed E-state index contributed by atoms with van der Waals surface area (Å²) in [5, 5.41) is 0. The highest BCUT2D eigenvalue weighted by atomic mass is 19.1. The first kappa shape index (κ1) is 13.7. The van der Waals surface area contributed by atoms with Crippen molar-refractivity contribution < 1.29 is 9.13 Å². The van der Waals surface area contributed by atoms with Gasteiger partial charge in [0.25, 0.3) is 0 Å². The van der Waals surface area contributed by atoms with Crippen molar-refractivity contribution in [3.05, 3.63) is 60.0 Å². The molecule has 1 unspecified atom stereocenters. The molecule has 1 atom stereocenters. The quantitative estimate of drug-likeness (QED) is 0.597. The molecule has 100 valence electrons. The molecule has 3 heteroatoms. The van der Waals surface area contributed by atoms with Gasteiger partial charge >= 0.3 is 0 Å². The second kappa shape index (κ2) is 5.93. The lowest BCUT2D eigenvalue weighted by Crippen LogP contribution is -2.28. The summed E-state index contributed by atoms with van der Waals surface area (Å²) < 4.78 is 19.1. The lowest BCUT2D eigenvalue weighted by Gasteiger charge is -2.30. The Morgan fingerprint density at radius 1 is 1.42 bits per heavy atom. The van der Waals surface area contributed by atoms with Gasteiger partial charge in [-0.05, 0) is 30.5 Å². The molecule has 1 aliphatic rings. The summed E-state index contributed by atoms with van der Waals surface area (Å²) in [5.74, 6) is -0.240. The highest BCUT2D eigenvalue weighted by Crippen LogP contribution is 2.41. The van der Waals surface area contributed by atoms with Crippen molar-refractivity contribution in [1.82, 2.24) is 0 Å². The Bertz CT molecular complexity index is 496. The van der Waals surface area contributed by atoms with Crippen LogP contribution < -0.4 is 0 Å². The van der Waals surface area contributed by atoms with Crippen molar-refractivity contribution in [3.63, 3.8) is 0 Å². The van der Waals surface area contributed by atoms with E-state index in [2.05, 4.69) is 11.6 Å². The molecule has 0 aromatic heterocycles. The zero-order valence-electron chi connectivity index (χ0n) is 11.1. The van der Waals surface area contributed by atoms with Gasteiger partial charge in [-0.25, -0.2) is 4.39 Å². The highest BCUT2D eigenvalue weighted by Gasteiger charge is 2.39. The van der Waals surface area contributed by atoms with Crippen LogP contribution in [-0.2, 0) is 10.3 Å². The van der Waals surface area contributed by atoms with Crippen LogP contribution in [0.3, 0.4) is 0 Å². The molecule has 0 aliphatic carbocycles. The van der Waals surface area contributed by atoms with E-state index < -0.39 is 5.60 Å². The number of ether oxygens (including phenoxy) is 1. The highest BCUT2D eigenvalue weighted by molar-refractivity contribution is 5.82. The lowest BCUT2D eigenvalue weighted by molar-refractivity contribution is 0.0377. The zero-order chi connectivity index (χ0) is 13.7. The predicted octanol–water partition coefficient (Wildman–Crippen LogP) is 3.64. The van der Waals surface area contributed by atoms with Crippen LogP contribution >= 0.6 is 0 Å². The van der Waals surface area contributed by atoms with Crippen molar-refractivity contribution in [1.29, 1.82) is 0 Å². The Morgan fingerprint density at radius 3 is 2.68 bits per heavy atom. The van der Waals surface area contributed by atoms with Crippen molar-refractivity contribution in [3.8, 4) is 0 Å². The van der Waals surface area contributed by atoms with Gasteiger partial charge in [-0.3, -0.25) is 4.99 Å². The van der Waals surface area contributed by atoms with E-state index >= 15 is 0 Å². The molecule has 1 fully saturated rings. The van der Waals surface area contributed by atoms with E-state index in [1.807, 2.05) is 6.08 Å². The number of allylic oxidation sites excluding steroid dienone is 2. The summed E-state index contributed by atoms with van der Waals surface area (Å²) in [6.45, 7) is 4.44. The number of hydrogen-bond acceptors (Lipinski definition) is 2. The van der Waals surface area contributed by atoms with Crippen LogP contribution in [0.15, 0.2) is 53.6 Å². The largest absolute Gasteiger partial charge is 0.365 e. The molecular formula is C16H18FNO. The molecule has 0 saturated carbocycles. The monoisotopic (exact) mass is 259 g/mol. The molecule has 1 aromatic rings. The van der Waals surface area contributed by atoms with Gasteiger partial charge in [0, 0.05) is 25.4 Å². The van der Waals surface area contributed by atoms with Crippen LogP contribution in [0.1, 0.15) is 18.4 Å². The molecular weight excluding hydrogens is 241 g/mol. The number of benzene rings is 1. The van der Waals surface area contributed by atoms with Crippen LogP contribution in [0.4, 0.5) is 4.39 Å². The summed E-state index contributed by atoms with van der Waals surface area (Å²) in [6.07, 6.45) is 7.26. The van der Waals surface area contributed by atoms with Gasteiger partial charge in [-0.1, -0.05) is 30.9 Å². The topological polar surface area (TPSA) is 21.6 Å². The maximum Gasteiger partial charge on any atom is 0.123 e. The molecule has 0 spiro atoms. The van der Waals surface area contributed by atoms with Crippen LogP contribution in [0.2, 0.25) is 0 Å². The van der Waals surface area contributed by atoms with Crippen LogP contribution in [0.5, 0.6) is 0 Å². The molecule has 0 bridgehead atoms. The average Bonchev–Trinajstić information content (AvgIpc) is 2.90. The molecule has 0 radical (unpaired) electrons. The van der Waals surface area contributed by atoms with Gasteiger partial charge < -0.3 is 4.74 Å². The first-order valence-corrected chi connectivity index (χ1v) is 6.38. The van der Waals surface area contributed by atoms with E-state index in [-0.39, 0.29) is 5.82 Å². The van der Waals surface area contributed by atoms with Crippen LogP contribution in [-0.4, -0.2) is 19.9 Å². The summed E-state index contributed by atoms with van der Waals surface area (Å²) in [7, 11) is 1.73. The molecule has 1 aliphatic heterocycles. The SMILES string of the molecule is C=C/C=C(\C=N/C)C1(c2ccc(F)cc2)CCCO1.